The molecule has 35 heavy (non-hydrogen) atoms. The van der Waals surface area contributed by atoms with Crippen LogP contribution in [0.1, 0.15) is 18.2 Å². The van der Waals surface area contributed by atoms with Crippen LogP contribution >= 0.6 is 23.5 Å². The zero-order valence-electron chi connectivity index (χ0n) is 17.7. The van der Waals surface area contributed by atoms with Crippen molar-refractivity contribution in [3.8, 4) is 11.8 Å². The molecule has 0 spiro atoms. The minimum Gasteiger partial charge on any atom is -0.756 e. The first kappa shape index (κ1) is 29.5. The normalized spacial score (nSPS) is 25.0. The largest absolute Gasteiger partial charge is 0.756 e. The standard InChI is InChI=1S/C15H23N4O13P3/c1-2-6-28-11-7-13(19-8-10(4-3-5-16)14(17)18-15(19)20)30-12(11)9-29-34(24,25)32-35(26,27)31-33(21,22)23/h2,8,11-13H,1,5-7,9,16H2,(H,24,25)(H,26,27)(H2,17,18,20)(H2,21,22,23)/p-3/t11?,12-,13-/m1/s1. The highest BCUT2D eigenvalue weighted by Crippen LogP contribution is 2.61. The van der Waals surface area contributed by atoms with Gasteiger partial charge in [0.1, 0.15) is 18.1 Å². The average Bonchev–Trinajstić information content (AvgIpc) is 3.10. The number of rotatable bonds is 11. The van der Waals surface area contributed by atoms with Crippen LogP contribution in [0.2, 0.25) is 0 Å². The molecule has 1 fully saturated rings. The molecule has 20 heteroatoms. The minimum atomic E-state index is -6.06. The molecule has 0 radical (unpaired) electrons. The summed E-state index contributed by atoms with van der Waals surface area (Å²) in [6.07, 6.45) is -0.535. The van der Waals surface area contributed by atoms with Gasteiger partial charge >= 0.3 is 5.69 Å². The zero-order valence-corrected chi connectivity index (χ0v) is 20.3. The Morgan fingerprint density at radius 3 is 2.60 bits per heavy atom. The Morgan fingerprint density at radius 2 is 2.00 bits per heavy atom. The molecule has 5 N–H and O–H groups in total. The van der Waals surface area contributed by atoms with Gasteiger partial charge in [0.05, 0.1) is 31.4 Å². The van der Waals surface area contributed by atoms with Crippen LogP contribution in [0.15, 0.2) is 23.6 Å². The van der Waals surface area contributed by atoms with Crippen molar-refractivity contribution in [3.63, 3.8) is 0 Å². The lowest BCUT2D eigenvalue weighted by atomic mass is 10.2. The van der Waals surface area contributed by atoms with Gasteiger partial charge in [0, 0.05) is 12.6 Å². The quantitative estimate of drug-likeness (QED) is 0.143. The number of nitrogen functional groups attached to an aromatic ring is 1. The van der Waals surface area contributed by atoms with E-state index in [2.05, 4.69) is 36.5 Å². The maximum absolute atomic E-state index is 12.3. The van der Waals surface area contributed by atoms with E-state index in [9.17, 15) is 33.2 Å². The summed E-state index contributed by atoms with van der Waals surface area (Å²) in [5.41, 5.74) is 10.4. The summed E-state index contributed by atoms with van der Waals surface area (Å²) in [6.45, 7) is 2.60. The second kappa shape index (κ2) is 12.0. The number of phosphoric acid groups is 3. The van der Waals surface area contributed by atoms with E-state index in [4.69, 9.17) is 25.8 Å². The van der Waals surface area contributed by atoms with Gasteiger partial charge in [-0.1, -0.05) is 17.9 Å². The molecule has 0 bridgehead atoms. The third-order valence-electron chi connectivity index (χ3n) is 4.03. The number of ether oxygens (including phenoxy) is 2. The predicted octanol–water partition coefficient (Wildman–Crippen LogP) is -2.56. The van der Waals surface area contributed by atoms with Crippen LogP contribution < -0.4 is 31.8 Å². The van der Waals surface area contributed by atoms with E-state index in [-0.39, 0.29) is 31.0 Å². The molecule has 2 heterocycles. The molecule has 1 aliphatic rings. The van der Waals surface area contributed by atoms with Crippen LogP contribution in [0.5, 0.6) is 0 Å². The van der Waals surface area contributed by atoms with Gasteiger partial charge in [-0.15, -0.1) is 6.58 Å². The molecule has 4 unspecified atom stereocenters. The number of nitrogens with two attached hydrogens (primary N) is 2. The van der Waals surface area contributed by atoms with E-state index < -0.39 is 54.2 Å². The molecule has 0 amide bonds. The number of phosphoric ester groups is 1. The number of anilines is 1. The lowest BCUT2D eigenvalue weighted by Gasteiger charge is -2.33. The Balaban J connectivity index is 2.20. The molecule has 17 nitrogen and oxygen atoms in total. The smallest absolute Gasteiger partial charge is 0.351 e. The van der Waals surface area contributed by atoms with Crippen LogP contribution in [-0.4, -0.2) is 46.4 Å². The summed E-state index contributed by atoms with van der Waals surface area (Å²) >= 11 is 0. The average molecular weight is 557 g/mol. The van der Waals surface area contributed by atoms with Crippen molar-refractivity contribution in [2.24, 2.45) is 5.73 Å². The first-order valence-corrected chi connectivity index (χ1v) is 13.8. The Morgan fingerprint density at radius 1 is 1.31 bits per heavy atom. The summed E-state index contributed by atoms with van der Waals surface area (Å²) in [4.78, 5) is 58.1. The second-order valence-electron chi connectivity index (χ2n) is 6.58. The molecular formula is C15H20N4O13P3-3. The van der Waals surface area contributed by atoms with E-state index in [0.29, 0.717) is 0 Å². The number of hydrogen-bond acceptors (Lipinski definition) is 15. The minimum absolute atomic E-state index is 0.0101. The number of hydrogen-bond donors (Lipinski definition) is 3. The molecule has 2 rings (SSSR count). The number of nitrogens with zero attached hydrogens (tertiary/aromatic N) is 2. The van der Waals surface area contributed by atoms with Crippen LogP contribution in [0.4, 0.5) is 5.82 Å². The van der Waals surface area contributed by atoms with Gasteiger partial charge in [-0.2, -0.15) is 4.98 Å². The molecule has 1 aromatic heterocycles. The van der Waals surface area contributed by atoms with Crippen molar-refractivity contribution in [3.05, 3.63) is 34.9 Å². The van der Waals surface area contributed by atoms with E-state index >= 15 is 0 Å². The molecule has 0 aliphatic carbocycles. The van der Waals surface area contributed by atoms with E-state index in [0.717, 1.165) is 4.57 Å². The molecule has 0 saturated carbocycles. The van der Waals surface area contributed by atoms with Gasteiger partial charge in [0.25, 0.3) is 23.5 Å². The summed E-state index contributed by atoms with van der Waals surface area (Å²) in [6, 6.07) is 0. The fourth-order valence-corrected chi connectivity index (χ4v) is 5.67. The highest BCUT2D eigenvalue weighted by atomic mass is 31.3. The molecule has 1 saturated heterocycles. The van der Waals surface area contributed by atoms with Crippen molar-refractivity contribution in [1.29, 1.82) is 0 Å². The molecule has 0 aromatic carbocycles. The maximum Gasteiger partial charge on any atom is 0.351 e. The molecule has 1 aliphatic heterocycles. The van der Waals surface area contributed by atoms with Crippen molar-refractivity contribution >= 4 is 29.3 Å². The van der Waals surface area contributed by atoms with Gasteiger partial charge in [-0.05, 0) is 0 Å². The SMILES string of the molecule is C=CCOC1C[C@H](n2cc(C#CCN)c(N)nc2=O)O[C@@H]1COP(=O)([O-])OP(=O)([O-])OP(=O)([O-])O. The summed E-state index contributed by atoms with van der Waals surface area (Å²) in [5, 5.41) is 0. The maximum atomic E-state index is 12.3. The van der Waals surface area contributed by atoms with E-state index in [1.807, 2.05) is 0 Å². The van der Waals surface area contributed by atoms with Crippen LogP contribution in [0, 0.1) is 11.8 Å². The first-order chi connectivity index (χ1) is 16.2. The third kappa shape index (κ3) is 9.34. The fraction of sp³-hybridized carbons (Fsp3) is 0.467. The van der Waals surface area contributed by atoms with E-state index in [1.54, 1.807) is 0 Å². The third-order valence-corrected chi connectivity index (χ3v) is 7.72. The van der Waals surface area contributed by atoms with Crippen molar-refractivity contribution in [1.82, 2.24) is 9.55 Å². The lowest BCUT2D eigenvalue weighted by Crippen LogP contribution is -2.30. The fourth-order valence-electron chi connectivity index (χ4n) is 2.77. The molecule has 1 aromatic rings. The predicted molar refractivity (Wildman–Crippen MR) is 110 cm³/mol. The zero-order chi connectivity index (χ0) is 26.4. The molecule has 6 atom stereocenters. The second-order valence-corrected chi connectivity index (χ2v) is 10.9. The Bertz CT molecular complexity index is 1190. The van der Waals surface area contributed by atoms with Crippen molar-refractivity contribution < 1.29 is 55.9 Å². The van der Waals surface area contributed by atoms with Gasteiger partial charge in [0.2, 0.25) is 0 Å². The molecule has 196 valence electrons. The number of aromatic nitrogens is 2. The van der Waals surface area contributed by atoms with Gasteiger partial charge in [0.15, 0.2) is 0 Å². The molecular weight excluding hydrogens is 537 g/mol. The monoisotopic (exact) mass is 557 g/mol. The van der Waals surface area contributed by atoms with Crippen molar-refractivity contribution in [2.75, 3.05) is 25.5 Å². The summed E-state index contributed by atoms with van der Waals surface area (Å²) in [5.74, 6) is 5.04. The van der Waals surface area contributed by atoms with Crippen LogP contribution in [0.25, 0.3) is 0 Å². The van der Waals surface area contributed by atoms with Gasteiger partial charge in [-0.3, -0.25) is 18.3 Å². The lowest BCUT2D eigenvalue weighted by molar-refractivity contribution is -0.250. The Labute approximate surface area is 198 Å². The first-order valence-electron chi connectivity index (χ1n) is 9.35. The van der Waals surface area contributed by atoms with Gasteiger partial charge < -0.3 is 45.0 Å². The van der Waals surface area contributed by atoms with E-state index in [1.165, 1.54) is 12.3 Å². The Hall–Kier alpha value is -1.73. The highest BCUT2D eigenvalue weighted by molar-refractivity contribution is 7.65. The van der Waals surface area contributed by atoms with Crippen LogP contribution in [0.3, 0.4) is 0 Å². The Kier molecular flexibility index (Phi) is 10.1. The topological polar surface area (TPSA) is 274 Å². The summed E-state index contributed by atoms with van der Waals surface area (Å²) in [7, 11) is -17.7. The highest BCUT2D eigenvalue weighted by Gasteiger charge is 2.39. The van der Waals surface area contributed by atoms with Gasteiger partial charge in [-0.25, -0.2) is 13.4 Å². The summed E-state index contributed by atoms with van der Waals surface area (Å²) < 4.78 is 57.1. The van der Waals surface area contributed by atoms with Crippen molar-refractivity contribution in [2.45, 2.75) is 24.9 Å². The van der Waals surface area contributed by atoms with Crippen LogP contribution in [-0.2, 0) is 36.3 Å².